The molecule has 0 aromatic heterocycles. The summed E-state index contributed by atoms with van der Waals surface area (Å²) in [5.41, 5.74) is 7.67. The van der Waals surface area contributed by atoms with Gasteiger partial charge in [-0.25, -0.2) is 0 Å². The summed E-state index contributed by atoms with van der Waals surface area (Å²) in [7, 11) is 0. The minimum Gasteiger partial charge on any atom is -0.330 e. The van der Waals surface area contributed by atoms with Gasteiger partial charge < -0.3 is 10.6 Å². The summed E-state index contributed by atoms with van der Waals surface area (Å²) in [6, 6.07) is 8.09. The molecule has 0 heterocycles. The molecule has 0 fully saturated rings. The summed E-state index contributed by atoms with van der Waals surface area (Å²) >= 11 is 0. The molecule has 0 spiro atoms. The number of benzene rings is 1. The lowest BCUT2D eigenvalue weighted by Gasteiger charge is -2.24. The lowest BCUT2D eigenvalue weighted by atomic mass is 10.0. The van der Waals surface area contributed by atoms with Crippen molar-refractivity contribution in [1.29, 1.82) is 0 Å². The lowest BCUT2D eigenvalue weighted by Crippen LogP contribution is -2.35. The second-order valence-corrected chi connectivity index (χ2v) is 4.75. The molecule has 0 bridgehead atoms. The van der Waals surface area contributed by atoms with Gasteiger partial charge in [0.1, 0.15) is 0 Å². The summed E-state index contributed by atoms with van der Waals surface area (Å²) < 4.78 is 0. The number of nitrogens with zero attached hydrogens (tertiary/aromatic N) is 1. The summed E-state index contributed by atoms with van der Waals surface area (Å²) in [5, 5.41) is 0. The molecule has 0 aliphatic carbocycles. The van der Waals surface area contributed by atoms with Crippen LogP contribution in [0, 0.1) is 12.8 Å². The normalized spacial score (nSPS) is 12.2. The molecule has 0 saturated heterocycles. The third-order valence-corrected chi connectivity index (χ3v) is 3.19. The molecule has 1 aromatic rings. The van der Waals surface area contributed by atoms with E-state index in [0.717, 1.165) is 18.5 Å². The second-order valence-electron chi connectivity index (χ2n) is 4.75. The fourth-order valence-corrected chi connectivity index (χ4v) is 2.00. The lowest BCUT2D eigenvalue weighted by molar-refractivity contribution is -0.122. The Morgan fingerprint density at radius 2 is 1.94 bits per heavy atom. The van der Waals surface area contributed by atoms with Gasteiger partial charge in [-0.05, 0) is 45.4 Å². The van der Waals surface area contributed by atoms with Gasteiger partial charge in [-0.3, -0.25) is 4.79 Å². The van der Waals surface area contributed by atoms with E-state index < -0.39 is 0 Å². The highest BCUT2D eigenvalue weighted by Gasteiger charge is 2.19. The van der Waals surface area contributed by atoms with Crippen LogP contribution in [0.1, 0.15) is 32.3 Å². The molecule has 1 rings (SSSR count). The largest absolute Gasteiger partial charge is 0.330 e. The Kier molecular flexibility index (Phi) is 5.86. The quantitative estimate of drug-likeness (QED) is 0.841. The number of aryl methyl sites for hydroxylation is 1. The predicted molar refractivity (Wildman–Crippen MR) is 76.7 cm³/mol. The summed E-state index contributed by atoms with van der Waals surface area (Å²) in [6.07, 6.45) is 1.76. The Balaban J connectivity index is 2.76. The van der Waals surface area contributed by atoms with Gasteiger partial charge in [0.2, 0.25) is 5.91 Å². The van der Waals surface area contributed by atoms with E-state index >= 15 is 0 Å². The number of nitrogens with two attached hydrogens (primary N) is 1. The van der Waals surface area contributed by atoms with Crippen molar-refractivity contribution >= 4 is 11.6 Å². The standard InChI is InChI=1S/C15H24N2O/c1-4-17(14-9-7-12(2)8-10-14)15(18)13(3)6-5-11-16/h7-10,13H,4-6,11,16H2,1-3H3. The third kappa shape index (κ3) is 3.84. The van der Waals surface area contributed by atoms with Gasteiger partial charge in [0.15, 0.2) is 0 Å². The molecule has 18 heavy (non-hydrogen) atoms. The van der Waals surface area contributed by atoms with Gasteiger partial charge in [0, 0.05) is 18.2 Å². The first kappa shape index (κ1) is 14.7. The van der Waals surface area contributed by atoms with E-state index in [9.17, 15) is 4.79 Å². The molecule has 0 aliphatic rings. The molecule has 2 N–H and O–H groups in total. The zero-order valence-corrected chi connectivity index (χ0v) is 11.6. The van der Waals surface area contributed by atoms with Gasteiger partial charge in [0.25, 0.3) is 0 Å². The molecule has 0 radical (unpaired) electrons. The van der Waals surface area contributed by atoms with Crippen LogP contribution in [0.5, 0.6) is 0 Å². The molecule has 0 aliphatic heterocycles. The van der Waals surface area contributed by atoms with E-state index in [2.05, 4.69) is 0 Å². The average Bonchev–Trinajstić information content (AvgIpc) is 2.38. The zero-order chi connectivity index (χ0) is 13.5. The molecular weight excluding hydrogens is 224 g/mol. The van der Waals surface area contributed by atoms with Crippen molar-refractivity contribution in [3.8, 4) is 0 Å². The highest BCUT2D eigenvalue weighted by Crippen LogP contribution is 2.19. The Morgan fingerprint density at radius 1 is 1.33 bits per heavy atom. The maximum Gasteiger partial charge on any atom is 0.229 e. The van der Waals surface area contributed by atoms with Gasteiger partial charge in [0.05, 0.1) is 0 Å². The Bertz CT molecular complexity index is 373. The fraction of sp³-hybridized carbons (Fsp3) is 0.533. The molecule has 3 heteroatoms. The first-order valence-electron chi connectivity index (χ1n) is 6.68. The van der Waals surface area contributed by atoms with Crippen LogP contribution in [-0.2, 0) is 4.79 Å². The smallest absolute Gasteiger partial charge is 0.229 e. The topological polar surface area (TPSA) is 46.3 Å². The van der Waals surface area contributed by atoms with Crippen LogP contribution in [0.3, 0.4) is 0 Å². The highest BCUT2D eigenvalue weighted by molar-refractivity contribution is 5.94. The van der Waals surface area contributed by atoms with Gasteiger partial charge in [-0.2, -0.15) is 0 Å². The number of amides is 1. The van der Waals surface area contributed by atoms with Crippen LogP contribution in [0.2, 0.25) is 0 Å². The fourth-order valence-electron chi connectivity index (χ4n) is 2.00. The molecule has 1 amide bonds. The maximum absolute atomic E-state index is 12.4. The van der Waals surface area contributed by atoms with E-state index in [0.29, 0.717) is 13.1 Å². The van der Waals surface area contributed by atoms with Crippen LogP contribution in [0.4, 0.5) is 5.69 Å². The molecule has 1 atom stereocenters. The molecular formula is C15H24N2O. The van der Waals surface area contributed by atoms with Crippen molar-refractivity contribution < 1.29 is 4.79 Å². The minimum absolute atomic E-state index is 0.0369. The Labute approximate surface area is 110 Å². The summed E-state index contributed by atoms with van der Waals surface area (Å²) in [6.45, 7) is 7.39. The number of carbonyl (C=O) groups is 1. The van der Waals surface area contributed by atoms with Crippen LogP contribution in [-0.4, -0.2) is 19.0 Å². The molecule has 1 aromatic carbocycles. The highest BCUT2D eigenvalue weighted by atomic mass is 16.2. The second kappa shape index (κ2) is 7.17. The van der Waals surface area contributed by atoms with E-state index in [1.165, 1.54) is 5.56 Å². The zero-order valence-electron chi connectivity index (χ0n) is 11.6. The predicted octanol–water partition coefficient (Wildman–Crippen LogP) is 2.72. The SMILES string of the molecule is CCN(C(=O)C(C)CCCN)c1ccc(C)cc1. The number of carbonyl (C=O) groups excluding carboxylic acids is 1. The molecule has 3 nitrogen and oxygen atoms in total. The van der Waals surface area contributed by atoms with Gasteiger partial charge in [-0.15, -0.1) is 0 Å². The third-order valence-electron chi connectivity index (χ3n) is 3.19. The first-order chi connectivity index (χ1) is 8.60. The van der Waals surface area contributed by atoms with Gasteiger partial charge in [-0.1, -0.05) is 24.6 Å². The van der Waals surface area contributed by atoms with Crippen molar-refractivity contribution in [2.45, 2.75) is 33.6 Å². The number of anilines is 1. The molecule has 0 saturated carbocycles. The number of hydrogen-bond acceptors (Lipinski definition) is 2. The monoisotopic (exact) mass is 248 g/mol. The molecule has 1 unspecified atom stereocenters. The maximum atomic E-state index is 12.4. The first-order valence-corrected chi connectivity index (χ1v) is 6.68. The van der Waals surface area contributed by atoms with Crippen LogP contribution < -0.4 is 10.6 Å². The summed E-state index contributed by atoms with van der Waals surface area (Å²) in [5.74, 6) is 0.226. The van der Waals surface area contributed by atoms with Crippen molar-refractivity contribution in [2.24, 2.45) is 11.7 Å². The van der Waals surface area contributed by atoms with Crippen molar-refractivity contribution in [3.63, 3.8) is 0 Å². The van der Waals surface area contributed by atoms with Crippen molar-refractivity contribution in [3.05, 3.63) is 29.8 Å². The molecule has 100 valence electrons. The van der Waals surface area contributed by atoms with E-state index in [-0.39, 0.29) is 11.8 Å². The van der Waals surface area contributed by atoms with Gasteiger partial charge >= 0.3 is 0 Å². The number of rotatable bonds is 6. The van der Waals surface area contributed by atoms with Crippen LogP contribution in [0.25, 0.3) is 0 Å². The van der Waals surface area contributed by atoms with E-state index in [1.54, 1.807) is 0 Å². The Hall–Kier alpha value is -1.35. The average molecular weight is 248 g/mol. The van der Waals surface area contributed by atoms with E-state index in [1.807, 2.05) is 49.9 Å². The minimum atomic E-state index is 0.0369. The van der Waals surface area contributed by atoms with Crippen LogP contribution in [0.15, 0.2) is 24.3 Å². The van der Waals surface area contributed by atoms with Crippen molar-refractivity contribution in [1.82, 2.24) is 0 Å². The summed E-state index contributed by atoms with van der Waals surface area (Å²) in [4.78, 5) is 14.2. The van der Waals surface area contributed by atoms with Crippen LogP contribution >= 0.6 is 0 Å². The van der Waals surface area contributed by atoms with Crippen molar-refractivity contribution in [2.75, 3.05) is 18.0 Å². The number of hydrogen-bond donors (Lipinski definition) is 1. The Morgan fingerprint density at radius 3 is 2.44 bits per heavy atom. The van der Waals surface area contributed by atoms with E-state index in [4.69, 9.17) is 5.73 Å².